The summed E-state index contributed by atoms with van der Waals surface area (Å²) in [5.41, 5.74) is 13.6. The Hall–Kier alpha value is -4.25. The van der Waals surface area contributed by atoms with E-state index in [9.17, 15) is 9.59 Å². The second-order valence-corrected chi connectivity index (χ2v) is 9.27. The van der Waals surface area contributed by atoms with E-state index in [0.717, 1.165) is 30.6 Å². The van der Waals surface area contributed by atoms with E-state index in [0.29, 0.717) is 24.5 Å². The molecule has 2 amide bonds. The standard InChI is InChI=1S/C27H27N5O3/c1-2-6-22(33)31-14-13-27(17-31)15-19(16-27)32-25(28)23(26(29)34)24(30-32)18-9-11-21(12-10-18)35-20-7-4-3-5-8-20/h3-5,7-12,19H,13-17,28H2,1H3,(H2,29,34). The topological polar surface area (TPSA) is 116 Å². The fraction of sp³-hybridized carbons (Fsp3) is 0.296. The summed E-state index contributed by atoms with van der Waals surface area (Å²) in [6.07, 6.45) is 2.60. The number of amides is 2. The fourth-order valence-electron chi connectivity index (χ4n) is 5.22. The summed E-state index contributed by atoms with van der Waals surface area (Å²) in [6.45, 7) is 3.07. The molecule has 0 atom stereocenters. The van der Waals surface area contributed by atoms with Crippen LogP contribution in [0.15, 0.2) is 54.6 Å². The van der Waals surface area contributed by atoms with Crippen LogP contribution in [0.25, 0.3) is 11.3 Å². The highest BCUT2D eigenvalue weighted by Gasteiger charge is 2.51. The molecule has 2 fully saturated rings. The van der Waals surface area contributed by atoms with Crippen molar-refractivity contribution < 1.29 is 14.3 Å². The first-order valence-electron chi connectivity index (χ1n) is 11.6. The van der Waals surface area contributed by atoms with Crippen LogP contribution in [0, 0.1) is 17.3 Å². The van der Waals surface area contributed by atoms with Crippen molar-refractivity contribution >= 4 is 17.6 Å². The van der Waals surface area contributed by atoms with Crippen LogP contribution in [-0.4, -0.2) is 39.6 Å². The number of nitrogens with zero attached hydrogens (tertiary/aromatic N) is 3. The van der Waals surface area contributed by atoms with E-state index in [1.54, 1.807) is 11.6 Å². The van der Waals surface area contributed by atoms with E-state index in [-0.39, 0.29) is 28.7 Å². The maximum atomic E-state index is 12.3. The van der Waals surface area contributed by atoms with Gasteiger partial charge in [0.2, 0.25) is 0 Å². The van der Waals surface area contributed by atoms with Gasteiger partial charge in [0, 0.05) is 18.7 Å². The lowest BCUT2D eigenvalue weighted by Crippen LogP contribution is -2.42. The lowest BCUT2D eigenvalue weighted by Gasteiger charge is -2.45. The van der Waals surface area contributed by atoms with Gasteiger partial charge in [-0.15, -0.1) is 0 Å². The number of ether oxygens (including phenoxy) is 1. The Morgan fingerprint density at radius 2 is 1.77 bits per heavy atom. The molecule has 0 radical (unpaired) electrons. The summed E-state index contributed by atoms with van der Waals surface area (Å²) >= 11 is 0. The van der Waals surface area contributed by atoms with Gasteiger partial charge >= 0.3 is 0 Å². The van der Waals surface area contributed by atoms with Gasteiger partial charge in [-0.3, -0.25) is 9.59 Å². The van der Waals surface area contributed by atoms with Crippen LogP contribution < -0.4 is 16.2 Å². The minimum Gasteiger partial charge on any atom is -0.457 e. The van der Waals surface area contributed by atoms with Gasteiger partial charge in [0.05, 0.1) is 6.04 Å². The molecule has 0 bridgehead atoms. The van der Waals surface area contributed by atoms with Gasteiger partial charge in [0.15, 0.2) is 0 Å². The summed E-state index contributed by atoms with van der Waals surface area (Å²) in [6, 6.07) is 16.9. The van der Waals surface area contributed by atoms with Crippen LogP contribution in [0.2, 0.25) is 0 Å². The van der Waals surface area contributed by atoms with E-state index in [1.165, 1.54) is 0 Å². The number of nitrogens with two attached hydrogens (primary N) is 2. The molecule has 0 unspecified atom stereocenters. The zero-order chi connectivity index (χ0) is 24.6. The first-order valence-corrected chi connectivity index (χ1v) is 11.6. The molecule has 4 N–H and O–H groups in total. The summed E-state index contributed by atoms with van der Waals surface area (Å²) in [5, 5.41) is 4.72. The number of para-hydroxylation sites is 1. The van der Waals surface area contributed by atoms with Gasteiger partial charge in [0.25, 0.3) is 11.8 Å². The molecule has 3 aromatic rings. The molecule has 1 spiro atoms. The molecule has 35 heavy (non-hydrogen) atoms. The van der Waals surface area contributed by atoms with Gasteiger partial charge in [-0.2, -0.15) is 5.10 Å². The maximum Gasteiger partial charge on any atom is 0.298 e. The average Bonchev–Trinajstić information content (AvgIpc) is 3.42. The van der Waals surface area contributed by atoms with E-state index in [4.69, 9.17) is 21.3 Å². The van der Waals surface area contributed by atoms with Gasteiger partial charge in [-0.1, -0.05) is 24.1 Å². The number of nitrogen functional groups attached to an aromatic ring is 1. The predicted molar refractivity (Wildman–Crippen MR) is 132 cm³/mol. The van der Waals surface area contributed by atoms with E-state index < -0.39 is 5.91 Å². The average molecular weight is 470 g/mol. The quantitative estimate of drug-likeness (QED) is 0.554. The van der Waals surface area contributed by atoms with Crippen molar-refractivity contribution in [1.29, 1.82) is 0 Å². The van der Waals surface area contributed by atoms with Crippen LogP contribution in [0.3, 0.4) is 0 Å². The first kappa shape index (κ1) is 22.5. The minimum atomic E-state index is -0.613. The van der Waals surface area contributed by atoms with Crippen molar-refractivity contribution in [3.63, 3.8) is 0 Å². The third-order valence-electron chi connectivity index (χ3n) is 6.94. The normalized spacial score (nSPS) is 20.7. The van der Waals surface area contributed by atoms with Gasteiger partial charge in [-0.25, -0.2) is 4.68 Å². The number of aromatic nitrogens is 2. The van der Waals surface area contributed by atoms with Crippen molar-refractivity contribution in [2.75, 3.05) is 18.8 Å². The Morgan fingerprint density at radius 1 is 1.09 bits per heavy atom. The van der Waals surface area contributed by atoms with Crippen molar-refractivity contribution in [2.45, 2.75) is 32.2 Å². The summed E-state index contributed by atoms with van der Waals surface area (Å²) in [7, 11) is 0. The van der Waals surface area contributed by atoms with Gasteiger partial charge in [0.1, 0.15) is 28.6 Å². The number of carbonyl (C=O) groups excluding carboxylic acids is 2. The number of carbonyl (C=O) groups is 2. The highest BCUT2D eigenvalue weighted by molar-refractivity contribution is 6.03. The van der Waals surface area contributed by atoms with Crippen molar-refractivity contribution in [3.8, 4) is 34.6 Å². The first-order chi connectivity index (χ1) is 16.9. The third kappa shape index (κ3) is 4.21. The SMILES string of the molecule is CC#CC(=O)N1CCC2(CC(n3nc(-c4ccc(Oc5ccccc5)cc4)c(C(N)=O)c3N)C2)C1. The van der Waals surface area contributed by atoms with Crippen molar-refractivity contribution in [1.82, 2.24) is 14.7 Å². The van der Waals surface area contributed by atoms with Gasteiger partial charge in [-0.05, 0) is 73.9 Å². The number of hydrogen-bond donors (Lipinski definition) is 2. The monoisotopic (exact) mass is 469 g/mol. The molecule has 2 aromatic carbocycles. The van der Waals surface area contributed by atoms with Crippen LogP contribution in [0.5, 0.6) is 11.5 Å². The molecule has 1 aliphatic heterocycles. The summed E-state index contributed by atoms with van der Waals surface area (Å²) < 4.78 is 7.58. The Balaban J connectivity index is 1.35. The highest BCUT2D eigenvalue weighted by atomic mass is 16.5. The zero-order valence-electron chi connectivity index (χ0n) is 19.5. The Morgan fingerprint density at radius 3 is 2.43 bits per heavy atom. The number of likely N-dealkylation sites (tertiary alicyclic amines) is 1. The molecule has 1 aliphatic carbocycles. The number of hydrogen-bond acceptors (Lipinski definition) is 5. The molecule has 178 valence electrons. The van der Waals surface area contributed by atoms with Gasteiger partial charge < -0.3 is 21.1 Å². The van der Waals surface area contributed by atoms with E-state index in [1.807, 2.05) is 59.5 Å². The third-order valence-corrected chi connectivity index (χ3v) is 6.94. The molecule has 8 nitrogen and oxygen atoms in total. The van der Waals surface area contributed by atoms with Crippen molar-refractivity contribution in [3.05, 3.63) is 60.2 Å². The number of rotatable bonds is 5. The Labute approximate surface area is 203 Å². The Kier molecular flexibility index (Phi) is 5.69. The van der Waals surface area contributed by atoms with Crippen LogP contribution >= 0.6 is 0 Å². The molecule has 8 heteroatoms. The molecule has 5 rings (SSSR count). The van der Waals surface area contributed by atoms with Crippen molar-refractivity contribution in [2.24, 2.45) is 11.1 Å². The fourth-order valence-corrected chi connectivity index (χ4v) is 5.22. The second-order valence-electron chi connectivity index (χ2n) is 9.27. The number of anilines is 1. The smallest absolute Gasteiger partial charge is 0.298 e. The minimum absolute atomic E-state index is 0.0508. The zero-order valence-corrected chi connectivity index (χ0v) is 19.5. The molecule has 2 aliphatic rings. The van der Waals surface area contributed by atoms with Crippen LogP contribution in [0.4, 0.5) is 5.82 Å². The van der Waals surface area contributed by atoms with Crippen LogP contribution in [-0.2, 0) is 4.79 Å². The number of benzene rings is 2. The second kappa shape index (κ2) is 8.84. The predicted octanol–water partition coefficient (Wildman–Crippen LogP) is 3.60. The lowest BCUT2D eigenvalue weighted by molar-refractivity contribution is -0.125. The summed E-state index contributed by atoms with van der Waals surface area (Å²) in [4.78, 5) is 26.3. The molecule has 1 saturated carbocycles. The molecule has 1 saturated heterocycles. The van der Waals surface area contributed by atoms with E-state index >= 15 is 0 Å². The van der Waals surface area contributed by atoms with Crippen LogP contribution in [0.1, 0.15) is 42.6 Å². The largest absolute Gasteiger partial charge is 0.457 e. The molecule has 1 aromatic heterocycles. The Bertz CT molecular complexity index is 1330. The lowest BCUT2D eigenvalue weighted by atomic mass is 9.65. The van der Waals surface area contributed by atoms with E-state index in [2.05, 4.69) is 11.8 Å². The highest BCUT2D eigenvalue weighted by Crippen LogP contribution is 2.54. The maximum absolute atomic E-state index is 12.3. The molecule has 2 heterocycles. The molecular formula is C27H27N5O3. The number of primary amides is 1. The molecular weight excluding hydrogens is 442 g/mol. The summed E-state index contributed by atoms with van der Waals surface area (Å²) in [5.74, 6) is 6.25.